The van der Waals surface area contributed by atoms with Crippen molar-refractivity contribution in [1.29, 1.82) is 0 Å². The molecule has 0 bridgehead atoms. The van der Waals surface area contributed by atoms with Gasteiger partial charge in [-0.3, -0.25) is 4.79 Å². The fourth-order valence-corrected chi connectivity index (χ4v) is 1.81. The first-order chi connectivity index (χ1) is 9.26. The van der Waals surface area contributed by atoms with Crippen molar-refractivity contribution in [3.05, 3.63) is 36.9 Å². The molecule has 0 aliphatic heterocycles. The van der Waals surface area contributed by atoms with Gasteiger partial charge < -0.3 is 11.1 Å². The van der Waals surface area contributed by atoms with Gasteiger partial charge >= 0.3 is 0 Å². The quantitative estimate of drug-likeness (QED) is 0.844. The number of para-hydroxylation sites is 2. The Morgan fingerprint density at radius 1 is 1.47 bits per heavy atom. The molecule has 0 saturated heterocycles. The van der Waals surface area contributed by atoms with E-state index in [0.717, 1.165) is 5.69 Å². The van der Waals surface area contributed by atoms with Crippen LogP contribution >= 0.6 is 0 Å². The number of nitrogens with one attached hydrogen (secondary N) is 1. The van der Waals surface area contributed by atoms with Gasteiger partial charge in [0.2, 0.25) is 5.91 Å². The van der Waals surface area contributed by atoms with Gasteiger partial charge in [0.05, 0.1) is 17.3 Å². The zero-order chi connectivity index (χ0) is 13.7. The molecule has 3 N–H and O–H groups in total. The summed E-state index contributed by atoms with van der Waals surface area (Å²) in [4.78, 5) is 16.0. The molecule has 19 heavy (non-hydrogen) atoms. The van der Waals surface area contributed by atoms with Crippen molar-refractivity contribution in [3.63, 3.8) is 0 Å². The summed E-state index contributed by atoms with van der Waals surface area (Å²) in [5.41, 5.74) is 7.06. The van der Waals surface area contributed by atoms with Crippen LogP contribution in [0.1, 0.15) is 13.3 Å². The second-order valence-corrected chi connectivity index (χ2v) is 4.19. The summed E-state index contributed by atoms with van der Waals surface area (Å²) in [6.07, 6.45) is 3.76. The van der Waals surface area contributed by atoms with Crippen molar-refractivity contribution >= 4 is 11.6 Å². The molecular formula is C13H17N5O. The Labute approximate surface area is 111 Å². The normalized spacial score (nSPS) is 12.1. The SMILES string of the molecule is CCC(CN)C(=O)Nc1ccccc1-n1cncn1. The van der Waals surface area contributed by atoms with E-state index in [2.05, 4.69) is 15.4 Å². The van der Waals surface area contributed by atoms with Crippen molar-refractivity contribution in [1.82, 2.24) is 14.8 Å². The third kappa shape index (κ3) is 2.97. The minimum atomic E-state index is -0.177. The van der Waals surface area contributed by atoms with Gasteiger partial charge in [-0.1, -0.05) is 19.1 Å². The summed E-state index contributed by atoms with van der Waals surface area (Å²) in [5.74, 6) is -0.249. The Balaban J connectivity index is 2.24. The lowest BCUT2D eigenvalue weighted by atomic mass is 10.1. The molecule has 6 nitrogen and oxygen atoms in total. The molecule has 0 radical (unpaired) electrons. The average Bonchev–Trinajstić information content (AvgIpc) is 2.94. The first-order valence-corrected chi connectivity index (χ1v) is 6.21. The number of carbonyl (C=O) groups excluding carboxylic acids is 1. The molecule has 1 aromatic carbocycles. The first-order valence-electron chi connectivity index (χ1n) is 6.21. The predicted octanol–water partition coefficient (Wildman–Crippen LogP) is 1.19. The number of amides is 1. The minimum Gasteiger partial charge on any atom is -0.330 e. The lowest BCUT2D eigenvalue weighted by Crippen LogP contribution is -2.29. The summed E-state index contributed by atoms with van der Waals surface area (Å²) in [5, 5.41) is 6.96. The summed E-state index contributed by atoms with van der Waals surface area (Å²) >= 11 is 0. The van der Waals surface area contributed by atoms with E-state index in [1.807, 2.05) is 31.2 Å². The standard InChI is InChI=1S/C13H17N5O/c1-2-10(7-14)13(19)17-11-5-3-4-6-12(11)18-9-15-8-16-18/h3-6,8-10H,2,7,14H2,1H3,(H,17,19). The Morgan fingerprint density at radius 3 is 2.89 bits per heavy atom. The van der Waals surface area contributed by atoms with E-state index in [1.54, 1.807) is 11.0 Å². The fourth-order valence-electron chi connectivity index (χ4n) is 1.81. The molecule has 0 spiro atoms. The van der Waals surface area contributed by atoms with Gasteiger partial charge in [0.15, 0.2) is 0 Å². The van der Waals surface area contributed by atoms with Crippen LogP contribution in [0.25, 0.3) is 5.69 Å². The van der Waals surface area contributed by atoms with Crippen LogP contribution in [0.15, 0.2) is 36.9 Å². The first kappa shape index (κ1) is 13.2. The van der Waals surface area contributed by atoms with Crippen LogP contribution in [0.3, 0.4) is 0 Å². The number of rotatable bonds is 5. The van der Waals surface area contributed by atoms with Crippen LogP contribution in [0, 0.1) is 5.92 Å². The summed E-state index contributed by atoms with van der Waals surface area (Å²) in [7, 11) is 0. The molecule has 2 rings (SSSR count). The van der Waals surface area contributed by atoms with E-state index in [4.69, 9.17) is 5.73 Å². The highest BCUT2D eigenvalue weighted by atomic mass is 16.1. The zero-order valence-corrected chi connectivity index (χ0v) is 10.8. The maximum absolute atomic E-state index is 12.1. The van der Waals surface area contributed by atoms with Crippen molar-refractivity contribution in [2.75, 3.05) is 11.9 Å². The van der Waals surface area contributed by atoms with Crippen LogP contribution in [-0.4, -0.2) is 27.2 Å². The van der Waals surface area contributed by atoms with Crippen LogP contribution in [-0.2, 0) is 4.79 Å². The molecule has 6 heteroatoms. The third-order valence-corrected chi connectivity index (χ3v) is 2.98. The van der Waals surface area contributed by atoms with E-state index in [-0.39, 0.29) is 11.8 Å². The molecule has 1 unspecified atom stereocenters. The lowest BCUT2D eigenvalue weighted by molar-refractivity contribution is -0.119. The lowest BCUT2D eigenvalue weighted by Gasteiger charge is -2.15. The van der Waals surface area contributed by atoms with E-state index < -0.39 is 0 Å². The summed E-state index contributed by atoms with van der Waals surface area (Å²) in [6, 6.07) is 7.44. The minimum absolute atomic E-state index is 0.0717. The highest BCUT2D eigenvalue weighted by Crippen LogP contribution is 2.19. The molecule has 1 aromatic heterocycles. The van der Waals surface area contributed by atoms with Crippen LogP contribution in [0.5, 0.6) is 0 Å². The van der Waals surface area contributed by atoms with Crippen molar-refractivity contribution in [3.8, 4) is 5.69 Å². The second kappa shape index (κ2) is 6.10. The van der Waals surface area contributed by atoms with Gasteiger partial charge in [0.25, 0.3) is 0 Å². The number of benzene rings is 1. The molecule has 0 saturated carbocycles. The smallest absolute Gasteiger partial charge is 0.228 e. The average molecular weight is 259 g/mol. The molecule has 0 aliphatic carbocycles. The van der Waals surface area contributed by atoms with E-state index >= 15 is 0 Å². The van der Waals surface area contributed by atoms with Crippen LogP contribution < -0.4 is 11.1 Å². The monoisotopic (exact) mass is 259 g/mol. The van der Waals surface area contributed by atoms with E-state index in [1.165, 1.54) is 6.33 Å². The van der Waals surface area contributed by atoms with Gasteiger partial charge in [-0.2, -0.15) is 5.10 Å². The Kier molecular flexibility index (Phi) is 4.25. The molecule has 1 amide bonds. The number of nitrogens with zero attached hydrogens (tertiary/aromatic N) is 3. The molecule has 2 aromatic rings. The highest BCUT2D eigenvalue weighted by molar-refractivity contribution is 5.94. The number of carbonyl (C=O) groups is 1. The summed E-state index contributed by atoms with van der Waals surface area (Å²) in [6.45, 7) is 2.29. The van der Waals surface area contributed by atoms with Crippen molar-refractivity contribution < 1.29 is 4.79 Å². The largest absolute Gasteiger partial charge is 0.330 e. The molecule has 100 valence electrons. The van der Waals surface area contributed by atoms with Crippen LogP contribution in [0.4, 0.5) is 5.69 Å². The van der Waals surface area contributed by atoms with Gasteiger partial charge in [0.1, 0.15) is 12.7 Å². The maximum atomic E-state index is 12.1. The number of hydrogen-bond acceptors (Lipinski definition) is 4. The van der Waals surface area contributed by atoms with Crippen molar-refractivity contribution in [2.45, 2.75) is 13.3 Å². The van der Waals surface area contributed by atoms with Gasteiger partial charge in [-0.15, -0.1) is 0 Å². The second-order valence-electron chi connectivity index (χ2n) is 4.19. The van der Waals surface area contributed by atoms with Crippen molar-refractivity contribution in [2.24, 2.45) is 11.7 Å². The number of anilines is 1. The Hall–Kier alpha value is -2.21. The van der Waals surface area contributed by atoms with Gasteiger partial charge in [-0.05, 0) is 18.6 Å². The molecule has 0 aliphatic rings. The topological polar surface area (TPSA) is 85.8 Å². The molecular weight excluding hydrogens is 242 g/mol. The highest BCUT2D eigenvalue weighted by Gasteiger charge is 2.16. The zero-order valence-electron chi connectivity index (χ0n) is 10.8. The van der Waals surface area contributed by atoms with E-state index in [0.29, 0.717) is 18.7 Å². The Morgan fingerprint density at radius 2 is 2.26 bits per heavy atom. The molecule has 1 atom stereocenters. The predicted molar refractivity (Wildman–Crippen MR) is 72.8 cm³/mol. The number of hydrogen-bond donors (Lipinski definition) is 2. The van der Waals surface area contributed by atoms with E-state index in [9.17, 15) is 4.79 Å². The Bertz CT molecular complexity index is 534. The molecule has 0 fully saturated rings. The third-order valence-electron chi connectivity index (χ3n) is 2.98. The maximum Gasteiger partial charge on any atom is 0.228 e. The van der Waals surface area contributed by atoms with Gasteiger partial charge in [-0.25, -0.2) is 9.67 Å². The summed E-state index contributed by atoms with van der Waals surface area (Å²) < 4.78 is 1.61. The number of nitrogens with two attached hydrogens (primary N) is 1. The molecule has 1 heterocycles. The van der Waals surface area contributed by atoms with Gasteiger partial charge in [0, 0.05) is 6.54 Å². The fraction of sp³-hybridized carbons (Fsp3) is 0.308. The number of aromatic nitrogens is 3. The van der Waals surface area contributed by atoms with Crippen LogP contribution in [0.2, 0.25) is 0 Å².